The molecule has 1 N–H and O–H groups in total. The molecular weight excluding hydrogens is 456 g/mol. The van der Waals surface area contributed by atoms with Crippen molar-refractivity contribution in [1.82, 2.24) is 24.7 Å². The van der Waals surface area contributed by atoms with Crippen LogP contribution in [0.3, 0.4) is 0 Å². The first-order valence-electron chi connectivity index (χ1n) is 10.5. The lowest BCUT2D eigenvalue weighted by Gasteiger charge is -2.18. The van der Waals surface area contributed by atoms with Crippen LogP contribution < -0.4 is 5.32 Å². The largest absolute Gasteiger partial charge is 0.294 e. The summed E-state index contributed by atoms with van der Waals surface area (Å²) in [6, 6.07) is 17.3. The molecule has 1 atom stereocenters. The summed E-state index contributed by atoms with van der Waals surface area (Å²) in [6.07, 6.45) is 3.16. The minimum Gasteiger partial charge on any atom is -0.294 e. The van der Waals surface area contributed by atoms with Crippen LogP contribution in [0.4, 0.5) is 5.95 Å². The number of anilines is 1. The summed E-state index contributed by atoms with van der Waals surface area (Å²) in [5, 5.41) is 12.5. The Kier molecular flexibility index (Phi) is 7.05. The number of para-hydroxylation sites is 1. The van der Waals surface area contributed by atoms with E-state index in [1.807, 2.05) is 54.0 Å². The van der Waals surface area contributed by atoms with Gasteiger partial charge in [-0.1, -0.05) is 55.4 Å². The first kappa shape index (κ1) is 22.9. The molecule has 9 heteroatoms. The van der Waals surface area contributed by atoms with E-state index in [-0.39, 0.29) is 17.8 Å². The van der Waals surface area contributed by atoms with Crippen LogP contribution in [0, 0.1) is 0 Å². The molecule has 0 bridgehead atoms. The van der Waals surface area contributed by atoms with Crippen molar-refractivity contribution in [1.29, 1.82) is 0 Å². The number of amides is 1. The molecule has 0 aliphatic carbocycles. The van der Waals surface area contributed by atoms with E-state index in [1.54, 1.807) is 18.5 Å². The predicted octanol–water partition coefficient (Wildman–Crippen LogP) is 5.62. The van der Waals surface area contributed by atoms with Crippen molar-refractivity contribution < 1.29 is 4.79 Å². The fraction of sp³-hybridized carbons (Fsp3) is 0.208. The number of nitrogens with one attached hydrogen (secondary N) is 1. The summed E-state index contributed by atoms with van der Waals surface area (Å²) >= 11 is 7.42. The van der Waals surface area contributed by atoms with Crippen LogP contribution in [0.25, 0.3) is 17.1 Å². The molecule has 0 spiro atoms. The highest BCUT2D eigenvalue weighted by Gasteiger charge is 2.24. The van der Waals surface area contributed by atoms with Gasteiger partial charge in [-0.15, -0.1) is 10.2 Å². The van der Waals surface area contributed by atoms with E-state index < -0.39 is 5.25 Å². The van der Waals surface area contributed by atoms with Crippen LogP contribution in [-0.4, -0.2) is 35.9 Å². The average molecular weight is 479 g/mol. The standard InChI is InChI=1S/C24H23ClN6OS/c1-15(2)19-7-4-5-8-20(19)31-21(17-9-11-18(25)12-10-17)29-30-24(31)33-16(3)22(32)28-23-26-13-6-14-27-23/h4-16H,1-3H3,(H,26,27,28,32). The van der Waals surface area contributed by atoms with Gasteiger partial charge in [0.2, 0.25) is 11.9 Å². The molecular formula is C24H23ClN6OS. The highest BCUT2D eigenvalue weighted by molar-refractivity contribution is 8.00. The number of aromatic nitrogens is 5. The van der Waals surface area contributed by atoms with Crippen molar-refractivity contribution in [3.8, 4) is 17.1 Å². The van der Waals surface area contributed by atoms with Crippen molar-refractivity contribution in [2.75, 3.05) is 5.32 Å². The molecule has 2 heterocycles. The lowest BCUT2D eigenvalue weighted by molar-refractivity contribution is -0.115. The molecule has 1 amide bonds. The third-order valence-corrected chi connectivity index (χ3v) is 6.28. The zero-order valence-electron chi connectivity index (χ0n) is 18.4. The molecule has 4 rings (SSSR count). The van der Waals surface area contributed by atoms with Gasteiger partial charge in [0.1, 0.15) is 0 Å². The number of nitrogens with zero attached hydrogens (tertiary/aromatic N) is 5. The molecule has 7 nitrogen and oxygen atoms in total. The normalized spacial score (nSPS) is 12.0. The van der Waals surface area contributed by atoms with Gasteiger partial charge in [-0.2, -0.15) is 0 Å². The fourth-order valence-corrected chi connectivity index (χ4v) is 4.30. The highest BCUT2D eigenvalue weighted by atomic mass is 35.5. The second kappa shape index (κ2) is 10.1. The zero-order valence-corrected chi connectivity index (χ0v) is 20.0. The van der Waals surface area contributed by atoms with Gasteiger partial charge in [0, 0.05) is 23.0 Å². The van der Waals surface area contributed by atoms with Crippen molar-refractivity contribution in [3.63, 3.8) is 0 Å². The number of benzene rings is 2. The quantitative estimate of drug-likeness (QED) is 0.347. The van der Waals surface area contributed by atoms with Gasteiger partial charge < -0.3 is 0 Å². The average Bonchev–Trinajstić information content (AvgIpc) is 3.23. The van der Waals surface area contributed by atoms with Crippen LogP contribution in [0.5, 0.6) is 0 Å². The smallest absolute Gasteiger partial charge is 0.240 e. The monoisotopic (exact) mass is 478 g/mol. The Hall–Kier alpha value is -3.23. The number of halogens is 1. The molecule has 4 aromatic rings. The molecule has 0 aliphatic rings. The summed E-state index contributed by atoms with van der Waals surface area (Å²) in [5.41, 5.74) is 3.01. The molecule has 0 aliphatic heterocycles. The van der Waals surface area contributed by atoms with E-state index in [1.165, 1.54) is 11.8 Å². The topological polar surface area (TPSA) is 85.6 Å². The summed E-state index contributed by atoms with van der Waals surface area (Å²) in [5.74, 6) is 1.02. The Labute approximate surface area is 201 Å². The molecule has 2 aromatic heterocycles. The van der Waals surface area contributed by atoms with Crippen molar-refractivity contribution in [3.05, 3.63) is 77.6 Å². The van der Waals surface area contributed by atoms with Gasteiger partial charge in [-0.25, -0.2) is 9.97 Å². The maximum absolute atomic E-state index is 12.8. The van der Waals surface area contributed by atoms with Gasteiger partial charge >= 0.3 is 0 Å². The SMILES string of the molecule is CC(Sc1nnc(-c2ccc(Cl)cc2)n1-c1ccccc1C(C)C)C(=O)Nc1ncccn1. The second-order valence-electron chi connectivity index (χ2n) is 7.68. The summed E-state index contributed by atoms with van der Waals surface area (Å²) in [4.78, 5) is 20.9. The number of thioether (sulfide) groups is 1. The number of hydrogen-bond acceptors (Lipinski definition) is 6. The maximum atomic E-state index is 12.8. The first-order valence-corrected chi connectivity index (χ1v) is 11.7. The molecule has 168 valence electrons. The summed E-state index contributed by atoms with van der Waals surface area (Å²) in [6.45, 7) is 6.11. The van der Waals surface area contributed by atoms with Gasteiger partial charge in [0.05, 0.1) is 10.9 Å². The van der Waals surface area contributed by atoms with E-state index >= 15 is 0 Å². The van der Waals surface area contributed by atoms with Crippen LogP contribution in [0.2, 0.25) is 5.02 Å². The molecule has 33 heavy (non-hydrogen) atoms. The van der Waals surface area contributed by atoms with Crippen molar-refractivity contribution in [2.45, 2.75) is 37.1 Å². The summed E-state index contributed by atoms with van der Waals surface area (Å²) < 4.78 is 2.01. The van der Waals surface area contributed by atoms with Gasteiger partial charge in [0.25, 0.3) is 0 Å². The number of carbonyl (C=O) groups excluding carboxylic acids is 1. The Balaban J connectivity index is 1.73. The Morgan fingerprint density at radius 3 is 2.36 bits per heavy atom. The number of rotatable bonds is 7. The van der Waals surface area contributed by atoms with Gasteiger partial charge in [0.15, 0.2) is 11.0 Å². The number of carbonyl (C=O) groups is 1. The van der Waals surface area contributed by atoms with Crippen LogP contribution in [-0.2, 0) is 4.79 Å². The second-order valence-corrected chi connectivity index (χ2v) is 9.43. The molecule has 0 fully saturated rings. The lowest BCUT2D eigenvalue weighted by atomic mass is 10.0. The van der Waals surface area contributed by atoms with Crippen LogP contribution in [0.15, 0.2) is 72.1 Å². The van der Waals surface area contributed by atoms with Crippen LogP contribution in [0.1, 0.15) is 32.3 Å². The first-order chi connectivity index (χ1) is 15.9. The molecule has 0 saturated carbocycles. The molecule has 1 unspecified atom stereocenters. The van der Waals surface area contributed by atoms with Crippen molar-refractivity contribution >= 4 is 35.2 Å². The fourth-order valence-electron chi connectivity index (χ4n) is 3.32. The van der Waals surface area contributed by atoms with Gasteiger partial charge in [-0.3, -0.25) is 14.7 Å². The van der Waals surface area contributed by atoms with E-state index in [9.17, 15) is 4.79 Å². The van der Waals surface area contributed by atoms with Crippen LogP contribution >= 0.6 is 23.4 Å². The Morgan fingerprint density at radius 2 is 1.67 bits per heavy atom. The predicted molar refractivity (Wildman–Crippen MR) is 132 cm³/mol. The highest BCUT2D eigenvalue weighted by Crippen LogP contribution is 2.34. The third kappa shape index (κ3) is 5.23. The minimum absolute atomic E-state index is 0.217. The molecule has 2 aromatic carbocycles. The number of hydrogen-bond donors (Lipinski definition) is 1. The van der Waals surface area contributed by atoms with Crippen molar-refractivity contribution in [2.24, 2.45) is 0 Å². The molecule has 0 radical (unpaired) electrons. The molecule has 0 saturated heterocycles. The third-order valence-electron chi connectivity index (χ3n) is 4.99. The van der Waals surface area contributed by atoms with E-state index in [0.29, 0.717) is 16.0 Å². The Morgan fingerprint density at radius 1 is 0.970 bits per heavy atom. The van der Waals surface area contributed by atoms with E-state index in [4.69, 9.17) is 11.6 Å². The maximum Gasteiger partial charge on any atom is 0.240 e. The van der Waals surface area contributed by atoms with E-state index in [2.05, 4.69) is 45.4 Å². The van der Waals surface area contributed by atoms with E-state index in [0.717, 1.165) is 16.8 Å². The Bertz CT molecular complexity index is 1240. The zero-order chi connectivity index (χ0) is 23.4. The lowest BCUT2D eigenvalue weighted by Crippen LogP contribution is -2.24. The van der Waals surface area contributed by atoms with Gasteiger partial charge in [-0.05, 0) is 54.8 Å². The summed E-state index contributed by atoms with van der Waals surface area (Å²) in [7, 11) is 0. The minimum atomic E-state index is -0.457.